The first-order valence-corrected chi connectivity index (χ1v) is 7.28. The molecule has 2 aromatic rings. The second-order valence-corrected chi connectivity index (χ2v) is 5.75. The van der Waals surface area contributed by atoms with Gasteiger partial charge in [-0.05, 0) is 30.4 Å². The number of hydrogen-bond donors (Lipinski definition) is 3. The van der Waals surface area contributed by atoms with Crippen LogP contribution in [0.15, 0.2) is 35.1 Å². The second kappa shape index (κ2) is 6.50. The summed E-state index contributed by atoms with van der Waals surface area (Å²) in [7, 11) is 0. The number of carbonyl (C=O) groups is 1. The summed E-state index contributed by atoms with van der Waals surface area (Å²) < 4.78 is 0. The molecule has 4 N–H and O–H groups in total. The number of hydrogen-bond acceptors (Lipinski definition) is 3. The van der Waals surface area contributed by atoms with Gasteiger partial charge in [-0.25, -0.2) is 0 Å². The largest absolute Gasteiger partial charge is 0.345 e. The summed E-state index contributed by atoms with van der Waals surface area (Å²) in [6.07, 6.45) is 3.87. The first kappa shape index (κ1) is 16.5. The van der Waals surface area contributed by atoms with Crippen molar-refractivity contribution in [3.8, 4) is 0 Å². The van der Waals surface area contributed by atoms with E-state index in [1.807, 2.05) is 24.3 Å². The van der Waals surface area contributed by atoms with Gasteiger partial charge in [-0.2, -0.15) is 0 Å². The average molecular weight is 322 g/mol. The molecular weight excluding hydrogens is 302 g/mol. The van der Waals surface area contributed by atoms with Gasteiger partial charge in [0.25, 0.3) is 11.5 Å². The van der Waals surface area contributed by atoms with Crippen LogP contribution in [0.4, 0.5) is 0 Å². The van der Waals surface area contributed by atoms with Crippen molar-refractivity contribution >= 4 is 29.2 Å². The van der Waals surface area contributed by atoms with Gasteiger partial charge in [-0.15, -0.1) is 12.4 Å². The lowest BCUT2D eigenvalue weighted by Crippen LogP contribution is -2.52. The molecule has 1 fully saturated rings. The Kier molecular flexibility index (Phi) is 4.88. The highest BCUT2D eigenvalue weighted by molar-refractivity contribution is 5.97. The number of benzene rings is 1. The third-order valence-electron chi connectivity index (χ3n) is 4.33. The van der Waals surface area contributed by atoms with E-state index in [9.17, 15) is 9.59 Å². The molecule has 0 bridgehead atoms. The quantitative estimate of drug-likeness (QED) is 0.807. The minimum atomic E-state index is -0.364. The maximum atomic E-state index is 12.4. The zero-order valence-electron chi connectivity index (χ0n) is 12.2. The zero-order valence-corrected chi connectivity index (χ0v) is 13.0. The van der Waals surface area contributed by atoms with Gasteiger partial charge in [0.05, 0.1) is 5.54 Å². The molecule has 22 heavy (non-hydrogen) atoms. The van der Waals surface area contributed by atoms with Crippen molar-refractivity contribution in [3.05, 3.63) is 46.2 Å². The van der Waals surface area contributed by atoms with Crippen LogP contribution in [0.2, 0.25) is 0 Å². The number of nitrogens with one attached hydrogen (secondary N) is 2. The van der Waals surface area contributed by atoms with Gasteiger partial charge in [0, 0.05) is 12.1 Å². The van der Waals surface area contributed by atoms with E-state index in [4.69, 9.17) is 5.73 Å². The highest BCUT2D eigenvalue weighted by atomic mass is 35.5. The van der Waals surface area contributed by atoms with Crippen molar-refractivity contribution < 1.29 is 4.79 Å². The Morgan fingerprint density at radius 1 is 1.27 bits per heavy atom. The van der Waals surface area contributed by atoms with Gasteiger partial charge >= 0.3 is 0 Å². The highest BCUT2D eigenvalue weighted by Gasteiger charge is 2.34. The lowest BCUT2D eigenvalue weighted by Gasteiger charge is -2.28. The van der Waals surface area contributed by atoms with E-state index in [-0.39, 0.29) is 35.0 Å². The number of para-hydroxylation sites is 1. The van der Waals surface area contributed by atoms with Crippen molar-refractivity contribution in [2.24, 2.45) is 5.73 Å². The van der Waals surface area contributed by atoms with Gasteiger partial charge in [0.15, 0.2) is 0 Å². The molecule has 5 nitrogen and oxygen atoms in total. The third kappa shape index (κ3) is 3.00. The Hall–Kier alpha value is -1.85. The number of aromatic nitrogens is 1. The van der Waals surface area contributed by atoms with Crippen molar-refractivity contribution in [3.63, 3.8) is 0 Å². The highest BCUT2D eigenvalue weighted by Crippen LogP contribution is 2.28. The molecule has 1 heterocycles. The fraction of sp³-hybridized carbons (Fsp3) is 0.375. The number of aromatic amines is 1. The van der Waals surface area contributed by atoms with Crippen LogP contribution in [0.1, 0.15) is 36.0 Å². The molecule has 6 heteroatoms. The Morgan fingerprint density at radius 2 is 1.95 bits per heavy atom. The van der Waals surface area contributed by atoms with Crippen LogP contribution in [0, 0.1) is 0 Å². The van der Waals surface area contributed by atoms with Crippen LogP contribution < -0.4 is 16.6 Å². The summed E-state index contributed by atoms with van der Waals surface area (Å²) in [6, 6.07) is 9.05. The molecule has 3 rings (SSSR count). The van der Waals surface area contributed by atoms with Crippen LogP contribution in [0.5, 0.6) is 0 Å². The van der Waals surface area contributed by atoms with E-state index in [1.54, 1.807) is 6.07 Å². The molecule has 0 spiro atoms. The van der Waals surface area contributed by atoms with Gasteiger partial charge in [-0.3, -0.25) is 9.59 Å². The maximum Gasteiger partial charge on any atom is 0.261 e. The number of nitrogens with two attached hydrogens (primary N) is 1. The monoisotopic (exact) mass is 321 g/mol. The van der Waals surface area contributed by atoms with Gasteiger partial charge in [0.2, 0.25) is 0 Å². The van der Waals surface area contributed by atoms with Crippen molar-refractivity contribution in [2.75, 3.05) is 6.54 Å². The molecule has 1 aliphatic carbocycles. The minimum Gasteiger partial charge on any atom is -0.345 e. The molecule has 1 aliphatic rings. The maximum absolute atomic E-state index is 12.4. The average Bonchev–Trinajstić information content (AvgIpc) is 2.95. The lowest BCUT2D eigenvalue weighted by atomic mass is 9.97. The number of amides is 1. The second-order valence-electron chi connectivity index (χ2n) is 5.75. The van der Waals surface area contributed by atoms with Crippen molar-refractivity contribution in [2.45, 2.75) is 31.2 Å². The van der Waals surface area contributed by atoms with Gasteiger partial charge in [-0.1, -0.05) is 31.0 Å². The fourth-order valence-electron chi connectivity index (χ4n) is 3.06. The van der Waals surface area contributed by atoms with Gasteiger partial charge in [0.1, 0.15) is 5.56 Å². The van der Waals surface area contributed by atoms with E-state index >= 15 is 0 Å². The van der Waals surface area contributed by atoms with Crippen LogP contribution in [0.3, 0.4) is 0 Å². The SMILES string of the molecule is Cl.NCC1(NC(=O)c2cc3ccccc3[nH]c2=O)CCCC1. The normalized spacial score (nSPS) is 16.2. The summed E-state index contributed by atoms with van der Waals surface area (Å²) in [6.45, 7) is 0.407. The molecule has 1 aromatic carbocycles. The number of halogens is 1. The standard InChI is InChI=1S/C16H19N3O2.ClH/c17-10-16(7-3-4-8-16)19-15(21)12-9-11-5-1-2-6-13(11)18-14(12)20;/h1-2,5-6,9H,3-4,7-8,10,17H2,(H,18,20)(H,19,21);1H. The van der Waals surface area contributed by atoms with E-state index < -0.39 is 0 Å². The molecule has 0 saturated heterocycles. The third-order valence-corrected chi connectivity index (χ3v) is 4.33. The smallest absolute Gasteiger partial charge is 0.261 e. The molecule has 1 saturated carbocycles. The Morgan fingerprint density at radius 3 is 2.64 bits per heavy atom. The molecular formula is C16H20ClN3O2. The van der Waals surface area contributed by atoms with Crippen molar-refractivity contribution in [1.29, 1.82) is 0 Å². The summed E-state index contributed by atoms with van der Waals surface area (Å²) in [5.41, 5.74) is 5.98. The van der Waals surface area contributed by atoms with E-state index in [0.717, 1.165) is 36.6 Å². The summed E-state index contributed by atoms with van der Waals surface area (Å²) >= 11 is 0. The van der Waals surface area contributed by atoms with Gasteiger partial charge < -0.3 is 16.0 Å². The lowest BCUT2D eigenvalue weighted by molar-refractivity contribution is 0.0901. The van der Waals surface area contributed by atoms with Crippen LogP contribution >= 0.6 is 12.4 Å². The predicted octanol–water partition coefficient (Wildman–Crippen LogP) is 1.95. The number of pyridine rings is 1. The molecule has 1 amide bonds. The van der Waals surface area contributed by atoms with Crippen LogP contribution in [-0.4, -0.2) is 23.0 Å². The molecule has 0 aliphatic heterocycles. The molecule has 0 atom stereocenters. The van der Waals surface area contributed by atoms with E-state index in [1.165, 1.54) is 0 Å². The summed E-state index contributed by atoms with van der Waals surface area (Å²) in [4.78, 5) is 27.3. The number of carbonyl (C=O) groups excluding carboxylic acids is 1. The Bertz CT molecular complexity index is 735. The molecule has 0 unspecified atom stereocenters. The number of H-pyrrole nitrogens is 1. The molecule has 118 valence electrons. The summed E-state index contributed by atoms with van der Waals surface area (Å²) in [5.74, 6) is -0.339. The van der Waals surface area contributed by atoms with E-state index in [0.29, 0.717) is 6.54 Å². The Balaban J connectivity index is 0.00000176. The topological polar surface area (TPSA) is 88.0 Å². The molecule has 0 radical (unpaired) electrons. The zero-order chi connectivity index (χ0) is 14.9. The van der Waals surface area contributed by atoms with Crippen LogP contribution in [-0.2, 0) is 0 Å². The Labute approximate surface area is 134 Å². The van der Waals surface area contributed by atoms with Crippen molar-refractivity contribution in [1.82, 2.24) is 10.3 Å². The predicted molar refractivity (Wildman–Crippen MR) is 89.5 cm³/mol. The fourth-order valence-corrected chi connectivity index (χ4v) is 3.06. The first-order chi connectivity index (χ1) is 10.1. The number of fused-ring (bicyclic) bond motifs is 1. The first-order valence-electron chi connectivity index (χ1n) is 7.28. The van der Waals surface area contributed by atoms with Crippen LogP contribution in [0.25, 0.3) is 10.9 Å². The minimum absolute atomic E-state index is 0. The molecule has 1 aromatic heterocycles. The number of rotatable bonds is 3. The summed E-state index contributed by atoms with van der Waals surface area (Å²) in [5, 5.41) is 3.82. The van der Waals surface area contributed by atoms with E-state index in [2.05, 4.69) is 10.3 Å².